The summed E-state index contributed by atoms with van der Waals surface area (Å²) in [5, 5.41) is 2.86. The van der Waals surface area contributed by atoms with Crippen LogP contribution in [0.3, 0.4) is 0 Å². The van der Waals surface area contributed by atoms with E-state index in [2.05, 4.69) is 15.3 Å². The standard InChI is InChI=1S/C20H29N5O3S/c1-13-5-4-6-17(13)25-18-15(11-14(2)19(25)26)12-21-20(23-18)22-16-7-9-24(10-8-16)29(3,27)28/h11-13,16-17H,4-10H2,1-3H3,(H,21,22,23)/t13-,17+/m0/s1/i2D3,3D3,7D2,8D2. The Balaban J connectivity index is 1.78. The summed E-state index contributed by atoms with van der Waals surface area (Å²) in [4.78, 5) is 21.8. The monoisotopic (exact) mass is 429 g/mol. The first-order valence-corrected chi connectivity index (χ1v) is 10.8. The Morgan fingerprint density at radius 2 is 2.10 bits per heavy atom. The van der Waals surface area contributed by atoms with E-state index in [0.717, 1.165) is 12.8 Å². The summed E-state index contributed by atoms with van der Waals surface area (Å²) >= 11 is 0. The van der Waals surface area contributed by atoms with E-state index in [1.54, 1.807) is 0 Å². The summed E-state index contributed by atoms with van der Waals surface area (Å²) in [5.74, 6) is -0.204. The number of anilines is 1. The molecule has 8 nitrogen and oxygen atoms in total. The highest BCUT2D eigenvalue weighted by molar-refractivity contribution is 7.88. The Morgan fingerprint density at radius 1 is 1.31 bits per heavy atom. The molecule has 1 aliphatic carbocycles. The molecule has 0 aromatic carbocycles. The molecule has 2 aromatic heterocycles. The number of rotatable bonds is 4. The fraction of sp³-hybridized carbons (Fsp3) is 0.650. The maximum absolute atomic E-state index is 13.4. The summed E-state index contributed by atoms with van der Waals surface area (Å²) in [6, 6.07) is -0.838. The second kappa shape index (κ2) is 7.68. The van der Waals surface area contributed by atoms with Gasteiger partial charge >= 0.3 is 0 Å². The highest BCUT2D eigenvalue weighted by Gasteiger charge is 2.29. The maximum atomic E-state index is 13.4. The Hall–Kier alpha value is -2.00. The molecule has 9 heteroatoms. The van der Waals surface area contributed by atoms with Crippen LogP contribution in [0.1, 0.15) is 64.2 Å². The van der Waals surface area contributed by atoms with Gasteiger partial charge in [0.15, 0.2) is 0 Å². The Labute approximate surface area is 185 Å². The number of aryl methyl sites for hydroxylation is 1. The third-order valence-corrected chi connectivity index (χ3v) is 6.42. The van der Waals surface area contributed by atoms with Gasteiger partial charge in [0, 0.05) is 56.0 Å². The first kappa shape index (κ1) is 11.4. The Kier molecular flexibility index (Phi) is 3.02. The van der Waals surface area contributed by atoms with Crippen molar-refractivity contribution in [2.24, 2.45) is 5.92 Å². The number of aromatic nitrogens is 3. The Bertz CT molecular complexity index is 1420. The van der Waals surface area contributed by atoms with Crippen molar-refractivity contribution in [3.05, 3.63) is 28.2 Å². The number of piperidine rings is 1. The normalized spacial score (nSPS) is 33.7. The molecule has 0 bridgehead atoms. The number of sulfonamides is 1. The lowest BCUT2D eigenvalue weighted by atomic mass is 10.1. The van der Waals surface area contributed by atoms with Crippen LogP contribution in [0.15, 0.2) is 17.1 Å². The van der Waals surface area contributed by atoms with Crippen molar-refractivity contribution in [2.75, 3.05) is 24.6 Å². The molecule has 2 atom stereocenters. The third-order valence-electron chi connectivity index (χ3n) is 5.48. The van der Waals surface area contributed by atoms with Crippen molar-refractivity contribution in [1.82, 2.24) is 18.8 Å². The lowest BCUT2D eigenvalue weighted by molar-refractivity contribution is 0.331. The molecular formula is C20H29N5O3S. The zero-order chi connectivity index (χ0) is 29.3. The van der Waals surface area contributed by atoms with E-state index in [1.807, 2.05) is 6.92 Å². The molecule has 1 N–H and O–H groups in total. The second-order valence-corrected chi connectivity index (χ2v) is 8.91. The molecule has 0 radical (unpaired) electrons. The summed E-state index contributed by atoms with van der Waals surface area (Å²) < 4.78 is 105. The average Bonchev–Trinajstić information content (AvgIpc) is 3.19. The van der Waals surface area contributed by atoms with Crippen LogP contribution < -0.4 is 10.9 Å². The molecule has 2 aromatic rings. The molecule has 0 amide bonds. The van der Waals surface area contributed by atoms with Crippen molar-refractivity contribution >= 4 is 27.0 Å². The summed E-state index contributed by atoms with van der Waals surface area (Å²) in [6.07, 6.45) is -5.15. The van der Waals surface area contributed by atoms with E-state index >= 15 is 0 Å². The topological polar surface area (TPSA) is 97.2 Å². The Morgan fingerprint density at radius 3 is 2.76 bits per heavy atom. The van der Waals surface area contributed by atoms with Crippen LogP contribution in [0.4, 0.5) is 5.95 Å². The quantitative estimate of drug-likeness (QED) is 0.801. The minimum Gasteiger partial charge on any atom is -0.351 e. The van der Waals surface area contributed by atoms with Crippen LogP contribution in [0.2, 0.25) is 0 Å². The summed E-state index contributed by atoms with van der Waals surface area (Å²) in [7, 11) is -5.00. The molecule has 1 aliphatic heterocycles. The lowest BCUT2D eigenvalue weighted by Crippen LogP contribution is -2.42. The fourth-order valence-corrected chi connectivity index (χ4v) is 4.41. The van der Waals surface area contributed by atoms with Crippen molar-refractivity contribution in [3.8, 4) is 0 Å². The van der Waals surface area contributed by atoms with Gasteiger partial charge in [-0.1, -0.05) is 13.3 Å². The van der Waals surface area contributed by atoms with Crippen LogP contribution in [0, 0.1) is 12.8 Å². The molecule has 0 unspecified atom stereocenters. The van der Waals surface area contributed by atoms with Gasteiger partial charge in [-0.15, -0.1) is 0 Å². The van der Waals surface area contributed by atoms with E-state index in [4.69, 9.17) is 13.7 Å². The maximum Gasteiger partial charge on any atom is 0.255 e. The highest BCUT2D eigenvalue weighted by Crippen LogP contribution is 2.36. The minimum absolute atomic E-state index is 0.0527. The average molecular weight is 430 g/mol. The van der Waals surface area contributed by atoms with Crippen LogP contribution in [-0.2, 0) is 10.0 Å². The predicted octanol–water partition coefficient (Wildman–Crippen LogP) is 2.30. The number of nitrogens with one attached hydrogen (secondary N) is 1. The van der Waals surface area contributed by atoms with Crippen LogP contribution >= 0.6 is 0 Å². The van der Waals surface area contributed by atoms with E-state index in [0.29, 0.717) is 6.42 Å². The predicted molar refractivity (Wildman–Crippen MR) is 114 cm³/mol. The van der Waals surface area contributed by atoms with Crippen LogP contribution in [0.5, 0.6) is 0 Å². The molecule has 2 aliphatic rings. The molecule has 1 saturated carbocycles. The number of hydrogen-bond donors (Lipinski definition) is 1. The molecule has 3 heterocycles. The van der Waals surface area contributed by atoms with Crippen molar-refractivity contribution in [3.63, 3.8) is 0 Å². The molecule has 29 heavy (non-hydrogen) atoms. The van der Waals surface area contributed by atoms with Crippen molar-refractivity contribution in [1.29, 1.82) is 0 Å². The van der Waals surface area contributed by atoms with Gasteiger partial charge in [0.05, 0.1) is 6.18 Å². The van der Waals surface area contributed by atoms with Gasteiger partial charge in [-0.3, -0.25) is 9.36 Å². The number of hydrogen-bond acceptors (Lipinski definition) is 6. The first-order chi connectivity index (χ1) is 17.7. The van der Waals surface area contributed by atoms with Crippen LogP contribution in [-0.4, -0.2) is 52.6 Å². The van der Waals surface area contributed by atoms with E-state index in [9.17, 15) is 13.2 Å². The second-order valence-electron chi connectivity index (χ2n) is 7.44. The van der Waals surface area contributed by atoms with Gasteiger partial charge in [0.25, 0.3) is 5.56 Å². The van der Waals surface area contributed by atoms with Gasteiger partial charge < -0.3 is 5.32 Å². The highest BCUT2D eigenvalue weighted by atomic mass is 32.2. The van der Waals surface area contributed by atoms with Crippen LogP contribution in [0.25, 0.3) is 11.0 Å². The molecular weight excluding hydrogens is 390 g/mol. The molecule has 4 rings (SSSR count). The van der Waals surface area contributed by atoms with Gasteiger partial charge in [-0.25, -0.2) is 17.7 Å². The number of pyridine rings is 1. The zero-order valence-corrected chi connectivity index (χ0v) is 16.7. The first-order valence-electron chi connectivity index (χ1n) is 14.4. The van der Waals surface area contributed by atoms with Crippen molar-refractivity contribution in [2.45, 2.75) is 57.9 Å². The molecule has 158 valence electrons. The summed E-state index contributed by atoms with van der Waals surface area (Å²) in [6.45, 7) is -2.58. The molecule has 2 fully saturated rings. The summed E-state index contributed by atoms with van der Waals surface area (Å²) in [5.41, 5.74) is -0.999. The fourth-order valence-electron chi connectivity index (χ4n) is 3.92. The molecule has 0 spiro atoms. The molecule has 1 saturated heterocycles. The SMILES string of the molecule is [2H]C([2H])([2H])c1cc2cnc(NC3C([2H])([2H])CN(S(=O)(=O)C([2H])([2H])[2H])CC3([2H])[2H])nc2n([C@@H]2CCC[C@@H]2C)c1=O. The smallest absolute Gasteiger partial charge is 0.255 e. The van der Waals surface area contributed by atoms with Crippen molar-refractivity contribution < 1.29 is 22.1 Å². The van der Waals surface area contributed by atoms with E-state index in [-0.39, 0.29) is 38.8 Å². The number of nitrogens with zero attached hydrogens (tertiary/aromatic N) is 4. The van der Waals surface area contributed by atoms with E-state index < -0.39 is 60.5 Å². The zero-order valence-electron chi connectivity index (χ0n) is 25.8. The van der Waals surface area contributed by atoms with Gasteiger partial charge in [-0.05, 0) is 44.4 Å². The minimum atomic E-state index is -5.00. The largest absolute Gasteiger partial charge is 0.351 e. The van der Waals surface area contributed by atoms with Gasteiger partial charge in [0.2, 0.25) is 16.0 Å². The number of fused-ring (bicyclic) bond motifs is 1. The van der Waals surface area contributed by atoms with E-state index in [1.165, 1.54) is 16.8 Å². The lowest BCUT2D eigenvalue weighted by Gasteiger charge is -2.30. The van der Waals surface area contributed by atoms with Gasteiger partial charge in [-0.2, -0.15) is 4.98 Å². The third kappa shape index (κ3) is 4.02. The van der Waals surface area contributed by atoms with Gasteiger partial charge in [0.1, 0.15) is 5.65 Å².